The van der Waals surface area contributed by atoms with Gasteiger partial charge in [-0.15, -0.1) is 0 Å². The highest BCUT2D eigenvalue weighted by Crippen LogP contribution is 2.53. The van der Waals surface area contributed by atoms with Gasteiger partial charge in [0, 0.05) is 22.9 Å². The molecule has 1 saturated heterocycles. The fourth-order valence-corrected chi connectivity index (χ4v) is 6.68. The van der Waals surface area contributed by atoms with Crippen LogP contribution in [0.1, 0.15) is 16.4 Å². The number of non-ortho nitro benzene ring substituents is 1. The van der Waals surface area contributed by atoms with Gasteiger partial charge in [0.2, 0.25) is 11.8 Å². The minimum atomic E-state index is -0.720. The molecule has 0 spiro atoms. The second-order valence-corrected chi connectivity index (χ2v) is 9.47. The number of thiazole rings is 1. The Morgan fingerprint density at radius 1 is 1.03 bits per heavy atom. The highest BCUT2D eigenvalue weighted by molar-refractivity contribution is 8.00. The lowest BCUT2D eigenvalue weighted by Crippen LogP contribution is -2.32. The Morgan fingerprint density at radius 3 is 2.34 bits per heavy atom. The first-order valence-corrected chi connectivity index (χ1v) is 11.2. The molecule has 1 fully saturated rings. The van der Waals surface area contributed by atoms with Crippen molar-refractivity contribution in [2.24, 2.45) is 5.92 Å². The number of thioether (sulfide) groups is 1. The van der Waals surface area contributed by atoms with Gasteiger partial charge in [0.15, 0.2) is 0 Å². The highest BCUT2D eigenvalue weighted by Gasteiger charge is 2.56. The van der Waals surface area contributed by atoms with Gasteiger partial charge in [-0.1, -0.05) is 35.2 Å². The lowest BCUT2D eigenvalue weighted by molar-refractivity contribution is -0.384. The van der Waals surface area contributed by atoms with E-state index in [1.54, 1.807) is 19.2 Å². The van der Waals surface area contributed by atoms with Crippen molar-refractivity contribution in [2.45, 2.75) is 16.2 Å². The minimum absolute atomic E-state index is 0.129. The van der Waals surface area contributed by atoms with E-state index in [-0.39, 0.29) is 16.2 Å². The van der Waals surface area contributed by atoms with E-state index >= 15 is 0 Å². The molecule has 2 aliphatic rings. The molecule has 3 heterocycles. The molecule has 3 aromatic rings. The third kappa shape index (κ3) is 3.12. The molecule has 5 rings (SSSR count). The van der Waals surface area contributed by atoms with Crippen molar-refractivity contribution < 1.29 is 19.2 Å². The molecule has 2 unspecified atom stereocenters. The monoisotopic (exact) mass is 469 g/mol. The fraction of sp³-hybridized carbons (Fsp3) is 0.190. The number of hydrogen-bond donors (Lipinski definition) is 1. The van der Waals surface area contributed by atoms with Crippen LogP contribution in [0, 0.1) is 16.0 Å². The summed E-state index contributed by atoms with van der Waals surface area (Å²) in [6.45, 7) is 0. The largest absolute Gasteiger partial charge is 0.497 e. The molecule has 1 aromatic heterocycles. The molecule has 32 heavy (non-hydrogen) atoms. The second-order valence-electron chi connectivity index (χ2n) is 7.31. The molecule has 2 aliphatic heterocycles. The summed E-state index contributed by atoms with van der Waals surface area (Å²) >= 11 is 2.22. The van der Waals surface area contributed by atoms with Crippen molar-refractivity contribution in [2.75, 3.05) is 12.0 Å². The molecule has 0 radical (unpaired) electrons. The number of nitrogens with one attached hydrogen (secondary N) is 1. The zero-order valence-corrected chi connectivity index (χ0v) is 18.1. The SMILES string of the molecule is COc1ccc([C@H]2c3sc(=O)[nH]c3SC3C(=O)N(c4ccc([N+](=O)[O-])cc4)C(=O)C32)cc1. The number of hydrogen-bond acceptors (Lipinski definition) is 8. The van der Waals surface area contributed by atoms with Crippen LogP contribution in [0.5, 0.6) is 5.75 Å². The molecule has 3 atom stereocenters. The van der Waals surface area contributed by atoms with Crippen LogP contribution in [-0.4, -0.2) is 34.1 Å². The predicted molar refractivity (Wildman–Crippen MR) is 119 cm³/mol. The number of aromatic amines is 1. The maximum absolute atomic E-state index is 13.5. The van der Waals surface area contributed by atoms with Crippen LogP contribution in [-0.2, 0) is 9.59 Å². The van der Waals surface area contributed by atoms with Gasteiger partial charge in [-0.05, 0) is 29.8 Å². The minimum Gasteiger partial charge on any atom is -0.497 e. The predicted octanol–water partition coefficient (Wildman–Crippen LogP) is 3.15. The third-order valence-electron chi connectivity index (χ3n) is 5.62. The summed E-state index contributed by atoms with van der Waals surface area (Å²) in [4.78, 5) is 53.7. The molecular formula is C21H15N3O6S2. The third-order valence-corrected chi connectivity index (χ3v) is 8.02. The van der Waals surface area contributed by atoms with Gasteiger partial charge in [-0.25, -0.2) is 4.90 Å². The highest BCUT2D eigenvalue weighted by atomic mass is 32.2. The maximum atomic E-state index is 13.5. The number of imide groups is 1. The number of aromatic nitrogens is 1. The number of nitrogens with zero attached hydrogens (tertiary/aromatic N) is 2. The zero-order valence-electron chi connectivity index (χ0n) is 16.5. The lowest BCUT2D eigenvalue weighted by Gasteiger charge is -2.29. The molecule has 1 N–H and O–H groups in total. The number of nitro groups is 1. The number of nitro benzene ring substituents is 1. The van der Waals surface area contributed by atoms with E-state index in [0.29, 0.717) is 10.8 Å². The van der Waals surface area contributed by atoms with Crippen LogP contribution in [0.25, 0.3) is 0 Å². The fourth-order valence-electron chi connectivity index (χ4n) is 4.17. The Morgan fingerprint density at radius 2 is 1.72 bits per heavy atom. The van der Waals surface area contributed by atoms with E-state index in [4.69, 9.17) is 4.74 Å². The summed E-state index contributed by atoms with van der Waals surface area (Å²) in [6.07, 6.45) is 0. The van der Waals surface area contributed by atoms with Crippen LogP contribution in [0.4, 0.5) is 11.4 Å². The van der Waals surface area contributed by atoms with Crippen molar-refractivity contribution in [3.63, 3.8) is 0 Å². The zero-order chi connectivity index (χ0) is 22.6. The summed E-state index contributed by atoms with van der Waals surface area (Å²) in [6, 6.07) is 12.5. The summed E-state index contributed by atoms with van der Waals surface area (Å²) < 4.78 is 5.22. The van der Waals surface area contributed by atoms with E-state index in [0.717, 1.165) is 26.7 Å². The number of ether oxygens (including phenoxy) is 1. The van der Waals surface area contributed by atoms with Crippen LogP contribution in [0.2, 0.25) is 0 Å². The smallest absolute Gasteiger partial charge is 0.305 e. The van der Waals surface area contributed by atoms with Crippen molar-refractivity contribution in [3.05, 3.63) is 78.8 Å². The van der Waals surface area contributed by atoms with E-state index < -0.39 is 33.8 Å². The molecule has 0 bridgehead atoms. The van der Waals surface area contributed by atoms with E-state index in [1.165, 1.54) is 36.0 Å². The molecular weight excluding hydrogens is 454 g/mol. The van der Waals surface area contributed by atoms with Crippen LogP contribution in [0.3, 0.4) is 0 Å². The number of benzene rings is 2. The molecule has 2 amide bonds. The van der Waals surface area contributed by atoms with Crippen molar-refractivity contribution in [1.82, 2.24) is 4.98 Å². The maximum Gasteiger partial charge on any atom is 0.305 e. The Kier molecular flexibility index (Phi) is 4.86. The van der Waals surface area contributed by atoms with E-state index in [9.17, 15) is 24.5 Å². The standard InChI is InChI=1S/C21H15N3O6S2/c1-30-13-8-2-10(3-9-13)14-15-17(31-18-16(14)32-21(27)22-18)20(26)23(19(15)25)11-4-6-12(7-5-11)24(28)29/h2-9,14-15,17H,1H3,(H,22,27)/t14-,15?,17?/m1/s1. The first kappa shape index (κ1) is 20.5. The van der Waals surface area contributed by atoms with E-state index in [1.807, 2.05) is 12.1 Å². The molecule has 0 saturated carbocycles. The molecule has 162 valence electrons. The number of carbonyl (C=O) groups is 2. The van der Waals surface area contributed by atoms with Gasteiger partial charge in [0.1, 0.15) is 11.0 Å². The normalized spacial score (nSPS) is 21.9. The first-order chi connectivity index (χ1) is 15.4. The summed E-state index contributed by atoms with van der Waals surface area (Å²) in [5.74, 6) is -1.34. The average molecular weight is 470 g/mol. The number of carbonyl (C=O) groups excluding carboxylic acids is 2. The Balaban J connectivity index is 1.59. The Bertz CT molecular complexity index is 1300. The van der Waals surface area contributed by atoms with Gasteiger partial charge in [0.05, 0.1) is 28.7 Å². The van der Waals surface area contributed by atoms with E-state index in [2.05, 4.69) is 4.98 Å². The summed E-state index contributed by atoms with van der Waals surface area (Å²) in [7, 11) is 1.56. The molecule has 11 heteroatoms. The van der Waals surface area contributed by atoms with Gasteiger partial charge in [0.25, 0.3) is 5.69 Å². The van der Waals surface area contributed by atoms with Gasteiger partial charge >= 0.3 is 4.87 Å². The van der Waals surface area contributed by atoms with Gasteiger partial charge in [-0.3, -0.25) is 24.5 Å². The number of H-pyrrole nitrogens is 1. The summed E-state index contributed by atoms with van der Waals surface area (Å²) in [5.41, 5.74) is 0.950. The summed E-state index contributed by atoms with van der Waals surface area (Å²) in [5, 5.41) is 10.8. The number of methoxy groups -OCH3 is 1. The topological polar surface area (TPSA) is 123 Å². The lowest BCUT2D eigenvalue weighted by atomic mass is 9.83. The molecule has 9 nitrogen and oxygen atoms in total. The van der Waals surface area contributed by atoms with Gasteiger partial charge in [-0.2, -0.15) is 0 Å². The average Bonchev–Trinajstić information content (AvgIpc) is 3.28. The number of rotatable bonds is 4. The van der Waals surface area contributed by atoms with Crippen LogP contribution in [0.15, 0.2) is 58.4 Å². The number of amides is 2. The van der Waals surface area contributed by atoms with Crippen molar-refractivity contribution >= 4 is 46.3 Å². The molecule has 0 aliphatic carbocycles. The van der Waals surface area contributed by atoms with Crippen LogP contribution >= 0.6 is 23.1 Å². The van der Waals surface area contributed by atoms with Gasteiger partial charge < -0.3 is 9.72 Å². The quantitative estimate of drug-likeness (QED) is 0.354. The number of fused-ring (bicyclic) bond motifs is 2. The molecule has 2 aromatic carbocycles. The first-order valence-electron chi connectivity index (χ1n) is 9.55. The van der Waals surface area contributed by atoms with Crippen molar-refractivity contribution in [3.8, 4) is 5.75 Å². The Hall–Kier alpha value is -3.44. The van der Waals surface area contributed by atoms with Crippen molar-refractivity contribution in [1.29, 1.82) is 0 Å². The van der Waals surface area contributed by atoms with Crippen LogP contribution < -0.4 is 14.5 Å². The number of anilines is 1. The second kappa shape index (κ2) is 7.61. The Labute approximate surface area is 189 Å².